The van der Waals surface area contributed by atoms with Gasteiger partial charge in [-0.25, -0.2) is 9.78 Å². The maximum atomic E-state index is 12.7. The molecule has 2 rings (SSSR count). The highest BCUT2D eigenvalue weighted by Gasteiger charge is 2.37. The molecule has 0 aliphatic rings. The summed E-state index contributed by atoms with van der Waals surface area (Å²) in [6, 6.07) is 1.66. The minimum Gasteiger partial charge on any atom is -0.462 e. The van der Waals surface area contributed by atoms with Crippen LogP contribution in [0.15, 0.2) is 27.7 Å². The summed E-state index contributed by atoms with van der Waals surface area (Å²) in [5.41, 5.74) is 0.0684. The summed E-state index contributed by atoms with van der Waals surface area (Å²) in [6.45, 7) is 12.9. The van der Waals surface area contributed by atoms with Gasteiger partial charge in [0.2, 0.25) is 5.43 Å². The number of halogens is 1. The Kier molecular flexibility index (Phi) is 6.09. The van der Waals surface area contributed by atoms with Crippen molar-refractivity contribution in [2.45, 2.75) is 52.6 Å². The van der Waals surface area contributed by atoms with E-state index < -0.39 is 19.7 Å². The minimum absolute atomic E-state index is 0.0157. The fourth-order valence-corrected chi connectivity index (χ4v) is 3.37. The lowest BCUT2D eigenvalue weighted by molar-refractivity contribution is 0.0523. The van der Waals surface area contributed by atoms with Crippen molar-refractivity contribution in [1.29, 1.82) is 0 Å². The Labute approximate surface area is 162 Å². The highest BCUT2D eigenvalue weighted by Crippen LogP contribution is 2.36. The summed E-state index contributed by atoms with van der Waals surface area (Å²) in [7, 11) is -2.01. The van der Waals surface area contributed by atoms with Crippen molar-refractivity contribution in [3.05, 3.63) is 38.7 Å². The summed E-state index contributed by atoms with van der Waals surface area (Å²) >= 11 is 3.33. The molecule has 0 atom stereocenters. The monoisotopic (exact) mass is 440 g/mol. The van der Waals surface area contributed by atoms with Gasteiger partial charge in [0.15, 0.2) is 8.32 Å². The van der Waals surface area contributed by atoms with Crippen molar-refractivity contribution in [3.8, 4) is 0 Å². The Bertz CT molecular complexity index is 887. The number of aromatic nitrogens is 2. The highest BCUT2D eigenvalue weighted by molar-refractivity contribution is 9.10. The van der Waals surface area contributed by atoms with Gasteiger partial charge in [-0.05, 0) is 47.1 Å². The summed E-state index contributed by atoms with van der Waals surface area (Å²) in [5.74, 6) is -0.638. The number of pyridine rings is 2. The van der Waals surface area contributed by atoms with Crippen LogP contribution >= 0.6 is 15.9 Å². The van der Waals surface area contributed by atoms with Crippen LogP contribution in [0.3, 0.4) is 0 Å². The molecule has 0 aliphatic heterocycles. The molecule has 0 unspecified atom stereocenters. The third kappa shape index (κ3) is 4.24. The Morgan fingerprint density at radius 2 is 2.00 bits per heavy atom. The van der Waals surface area contributed by atoms with E-state index in [1.165, 1.54) is 6.20 Å². The first-order valence-electron chi connectivity index (χ1n) is 8.47. The second-order valence-electron chi connectivity index (χ2n) is 7.62. The molecule has 6 nitrogen and oxygen atoms in total. The van der Waals surface area contributed by atoms with E-state index in [4.69, 9.17) is 9.16 Å². The van der Waals surface area contributed by atoms with Crippen LogP contribution in [0.5, 0.6) is 0 Å². The van der Waals surface area contributed by atoms with E-state index in [1.54, 1.807) is 23.8 Å². The molecule has 26 heavy (non-hydrogen) atoms. The Morgan fingerprint density at radius 3 is 2.58 bits per heavy atom. The average molecular weight is 441 g/mol. The molecule has 2 heterocycles. The van der Waals surface area contributed by atoms with Gasteiger partial charge >= 0.3 is 5.97 Å². The quantitative estimate of drug-likeness (QED) is 0.511. The Morgan fingerprint density at radius 1 is 1.35 bits per heavy atom. The zero-order valence-corrected chi connectivity index (χ0v) is 18.6. The summed E-state index contributed by atoms with van der Waals surface area (Å²) < 4.78 is 13.6. The van der Waals surface area contributed by atoms with Gasteiger partial charge in [0, 0.05) is 16.9 Å². The molecule has 0 bridgehead atoms. The molecule has 0 aromatic carbocycles. The van der Waals surface area contributed by atoms with Crippen LogP contribution in [-0.4, -0.2) is 30.4 Å². The molecule has 0 fully saturated rings. The summed E-state index contributed by atoms with van der Waals surface area (Å²) in [5, 5.41) is 0.395. The van der Waals surface area contributed by atoms with E-state index in [0.717, 1.165) is 0 Å². The van der Waals surface area contributed by atoms with Crippen molar-refractivity contribution in [3.63, 3.8) is 0 Å². The van der Waals surface area contributed by atoms with Gasteiger partial charge in [0.05, 0.1) is 12.0 Å². The van der Waals surface area contributed by atoms with E-state index in [1.807, 2.05) is 0 Å². The number of ether oxygens (including phenoxy) is 1. The molecule has 0 radical (unpaired) electrons. The van der Waals surface area contributed by atoms with E-state index in [0.29, 0.717) is 15.5 Å². The van der Waals surface area contributed by atoms with Crippen LogP contribution in [0.1, 0.15) is 38.1 Å². The molecular weight excluding hydrogens is 416 g/mol. The van der Waals surface area contributed by atoms with Crippen LogP contribution in [0.2, 0.25) is 18.1 Å². The largest absolute Gasteiger partial charge is 0.462 e. The summed E-state index contributed by atoms with van der Waals surface area (Å²) in [6.07, 6.45) is 3.10. The van der Waals surface area contributed by atoms with E-state index in [-0.39, 0.29) is 23.9 Å². The molecule has 2 aromatic rings. The third-order valence-corrected chi connectivity index (χ3v) is 9.64. The van der Waals surface area contributed by atoms with Gasteiger partial charge in [-0.1, -0.05) is 20.8 Å². The smallest absolute Gasteiger partial charge is 0.343 e. The lowest BCUT2D eigenvalue weighted by Crippen LogP contribution is -2.41. The fourth-order valence-electron chi connectivity index (χ4n) is 2.15. The van der Waals surface area contributed by atoms with Crippen molar-refractivity contribution in [1.82, 2.24) is 9.55 Å². The second kappa shape index (κ2) is 7.62. The number of esters is 1. The number of carbonyl (C=O) groups excluding carboxylic acids is 1. The maximum absolute atomic E-state index is 12.7. The molecule has 0 saturated carbocycles. The Balaban J connectivity index is 2.56. The number of fused-ring (bicyclic) bond motifs is 1. The zero-order chi connectivity index (χ0) is 19.7. The van der Waals surface area contributed by atoms with Crippen molar-refractivity contribution in [2.24, 2.45) is 0 Å². The second-order valence-corrected chi connectivity index (χ2v) is 13.3. The first-order valence-corrected chi connectivity index (χ1v) is 12.2. The maximum Gasteiger partial charge on any atom is 0.343 e. The first-order chi connectivity index (χ1) is 12.0. The lowest BCUT2D eigenvalue weighted by atomic mass is 10.2. The van der Waals surface area contributed by atoms with Crippen molar-refractivity contribution >= 4 is 41.3 Å². The first kappa shape index (κ1) is 20.8. The molecule has 0 amide bonds. The number of nitrogens with zero attached hydrogens (tertiary/aromatic N) is 2. The average Bonchev–Trinajstić information content (AvgIpc) is 2.53. The third-order valence-electron chi connectivity index (χ3n) is 4.75. The molecule has 142 valence electrons. The van der Waals surface area contributed by atoms with Crippen LogP contribution in [0, 0.1) is 0 Å². The number of carbonyl (C=O) groups is 1. The standard InChI is InChI=1S/C18H25BrN2O4Si/c1-7-24-17(23)14-10-21(11-25-26(5,6)18(2,3)4)16-13(15(14)22)8-12(19)9-20-16/h8-10H,7,11H2,1-6H3. The minimum atomic E-state index is -2.01. The molecular formula is C18H25BrN2O4Si. The number of hydrogen-bond acceptors (Lipinski definition) is 5. The lowest BCUT2D eigenvalue weighted by Gasteiger charge is -2.36. The zero-order valence-electron chi connectivity index (χ0n) is 16.1. The van der Waals surface area contributed by atoms with E-state index in [2.05, 4.69) is 54.8 Å². The summed E-state index contributed by atoms with van der Waals surface area (Å²) in [4.78, 5) is 29.3. The van der Waals surface area contributed by atoms with Crippen molar-refractivity contribution < 1.29 is 14.0 Å². The predicted octanol–water partition coefficient (Wildman–Crippen LogP) is 4.32. The van der Waals surface area contributed by atoms with E-state index >= 15 is 0 Å². The molecule has 8 heteroatoms. The Hall–Kier alpha value is -1.51. The van der Waals surface area contributed by atoms with Gasteiger partial charge in [0.25, 0.3) is 0 Å². The van der Waals surface area contributed by atoms with Gasteiger partial charge < -0.3 is 13.7 Å². The van der Waals surface area contributed by atoms with Crippen LogP contribution in [0.4, 0.5) is 0 Å². The molecule has 0 spiro atoms. The molecule has 0 saturated heterocycles. The van der Waals surface area contributed by atoms with Crippen LogP contribution < -0.4 is 5.43 Å². The topological polar surface area (TPSA) is 70.4 Å². The van der Waals surface area contributed by atoms with Gasteiger partial charge in [-0.2, -0.15) is 0 Å². The predicted molar refractivity (Wildman–Crippen MR) is 108 cm³/mol. The van der Waals surface area contributed by atoms with Crippen molar-refractivity contribution in [2.75, 3.05) is 6.61 Å². The SMILES string of the molecule is CCOC(=O)c1cn(CO[Si](C)(C)C(C)(C)C)c2ncc(Br)cc2c1=O. The van der Waals surface area contributed by atoms with E-state index in [9.17, 15) is 9.59 Å². The van der Waals surface area contributed by atoms with Gasteiger partial charge in [-0.15, -0.1) is 0 Å². The molecule has 2 aromatic heterocycles. The van der Waals surface area contributed by atoms with Gasteiger partial charge in [-0.3, -0.25) is 4.79 Å². The van der Waals surface area contributed by atoms with Crippen LogP contribution in [-0.2, 0) is 15.9 Å². The van der Waals surface area contributed by atoms with Crippen LogP contribution in [0.25, 0.3) is 11.0 Å². The molecule has 0 aliphatic carbocycles. The fraction of sp³-hybridized carbons (Fsp3) is 0.500. The van der Waals surface area contributed by atoms with Gasteiger partial charge in [0.1, 0.15) is 17.9 Å². The molecule has 0 N–H and O–H groups in total. The number of rotatable bonds is 5. The highest BCUT2D eigenvalue weighted by atomic mass is 79.9. The number of hydrogen-bond donors (Lipinski definition) is 0. The normalized spacial score (nSPS) is 12.4.